The van der Waals surface area contributed by atoms with E-state index in [-0.39, 0.29) is 18.2 Å². The van der Waals surface area contributed by atoms with Crippen molar-refractivity contribution in [3.8, 4) is 11.3 Å². The minimum atomic E-state index is -0.799. The van der Waals surface area contributed by atoms with E-state index in [0.717, 1.165) is 18.4 Å². The molecule has 25 heavy (non-hydrogen) atoms. The number of halogens is 1. The second kappa shape index (κ2) is 7.70. The van der Waals surface area contributed by atoms with Gasteiger partial charge < -0.3 is 14.5 Å². The van der Waals surface area contributed by atoms with Gasteiger partial charge in [-0.2, -0.15) is 0 Å². The molecule has 0 aliphatic carbocycles. The van der Waals surface area contributed by atoms with Gasteiger partial charge in [-0.1, -0.05) is 28.9 Å². The van der Waals surface area contributed by atoms with E-state index in [1.807, 2.05) is 0 Å². The average Bonchev–Trinajstić information content (AvgIpc) is 3.10. The highest BCUT2D eigenvalue weighted by Crippen LogP contribution is 2.27. The average molecular weight is 363 g/mol. The summed E-state index contributed by atoms with van der Waals surface area (Å²) >= 11 is 5.90. The second-order valence-corrected chi connectivity index (χ2v) is 6.71. The molecule has 1 amide bonds. The van der Waals surface area contributed by atoms with Crippen LogP contribution in [-0.4, -0.2) is 40.1 Å². The monoisotopic (exact) mass is 362 g/mol. The van der Waals surface area contributed by atoms with Gasteiger partial charge in [0.05, 0.1) is 0 Å². The minimum Gasteiger partial charge on any atom is -0.481 e. The maximum Gasteiger partial charge on any atom is 0.303 e. The lowest BCUT2D eigenvalue weighted by molar-refractivity contribution is -0.137. The summed E-state index contributed by atoms with van der Waals surface area (Å²) in [6, 6.07) is 7.07. The van der Waals surface area contributed by atoms with Gasteiger partial charge in [0.1, 0.15) is 17.5 Å². The number of carbonyl (C=O) groups is 2. The summed E-state index contributed by atoms with van der Waals surface area (Å²) in [6.07, 6.45) is 3.91. The zero-order chi connectivity index (χ0) is 17.8. The predicted octanol–water partition coefficient (Wildman–Crippen LogP) is 3.71. The third kappa shape index (κ3) is 4.20. The zero-order valence-electron chi connectivity index (χ0n) is 13.7. The summed E-state index contributed by atoms with van der Waals surface area (Å²) in [6.45, 7) is 1.23. The summed E-state index contributed by atoms with van der Waals surface area (Å²) in [5.74, 6) is -0.716. The number of carbonyl (C=O) groups excluding carboxylic acids is 1. The molecule has 132 valence electrons. The fraction of sp³-hybridized carbons (Fsp3) is 0.389. The lowest BCUT2D eigenvalue weighted by atomic mass is 9.93. The van der Waals surface area contributed by atoms with E-state index in [4.69, 9.17) is 21.2 Å². The van der Waals surface area contributed by atoms with Crippen LogP contribution in [0.5, 0.6) is 0 Å². The number of rotatable bonds is 5. The molecule has 1 N–H and O–H groups in total. The summed E-state index contributed by atoms with van der Waals surface area (Å²) in [4.78, 5) is 25.4. The van der Waals surface area contributed by atoms with Gasteiger partial charge >= 0.3 is 5.97 Å². The largest absolute Gasteiger partial charge is 0.481 e. The van der Waals surface area contributed by atoms with Crippen molar-refractivity contribution in [3.05, 3.63) is 41.1 Å². The molecule has 1 aromatic heterocycles. The van der Waals surface area contributed by atoms with Gasteiger partial charge in [-0.15, -0.1) is 0 Å². The van der Waals surface area contributed by atoms with Crippen LogP contribution >= 0.6 is 11.6 Å². The molecule has 0 radical (unpaired) electrons. The lowest BCUT2D eigenvalue weighted by Gasteiger charge is -2.32. The number of amides is 1. The third-order valence-electron chi connectivity index (χ3n) is 4.49. The first-order valence-electron chi connectivity index (χ1n) is 8.26. The van der Waals surface area contributed by atoms with Crippen molar-refractivity contribution in [3.63, 3.8) is 0 Å². The van der Waals surface area contributed by atoms with E-state index >= 15 is 0 Å². The van der Waals surface area contributed by atoms with Gasteiger partial charge in [-0.25, -0.2) is 0 Å². The van der Waals surface area contributed by atoms with Gasteiger partial charge in [0.25, 0.3) is 5.91 Å². The maximum absolute atomic E-state index is 12.9. The van der Waals surface area contributed by atoms with E-state index in [2.05, 4.69) is 5.16 Å². The zero-order valence-corrected chi connectivity index (χ0v) is 14.4. The number of piperidine rings is 1. The van der Waals surface area contributed by atoms with Crippen LogP contribution in [0, 0.1) is 5.92 Å². The van der Waals surface area contributed by atoms with Gasteiger partial charge in [-0.3, -0.25) is 9.59 Å². The quantitative estimate of drug-likeness (QED) is 0.876. The number of aliphatic carboxylic acids is 1. The lowest BCUT2D eigenvalue weighted by Crippen LogP contribution is -2.40. The highest BCUT2D eigenvalue weighted by Gasteiger charge is 2.28. The van der Waals surface area contributed by atoms with Crippen molar-refractivity contribution in [2.24, 2.45) is 5.92 Å². The molecule has 2 heterocycles. The molecule has 7 heteroatoms. The molecule has 1 saturated heterocycles. The number of carboxylic acid groups (broad SMARTS) is 1. The molecule has 0 saturated carbocycles. The number of benzene rings is 1. The number of likely N-dealkylation sites (tertiary alicyclic amines) is 1. The smallest absolute Gasteiger partial charge is 0.303 e. The van der Waals surface area contributed by atoms with Crippen molar-refractivity contribution < 1.29 is 19.2 Å². The minimum absolute atomic E-state index is 0.133. The Labute approximate surface area is 150 Å². The molecule has 1 fully saturated rings. The summed E-state index contributed by atoms with van der Waals surface area (Å²) in [7, 11) is 0. The molecule has 6 nitrogen and oxygen atoms in total. The summed E-state index contributed by atoms with van der Waals surface area (Å²) in [5.41, 5.74) is 1.68. The Bertz CT molecular complexity index is 757. The Balaban J connectivity index is 1.74. The van der Waals surface area contributed by atoms with Gasteiger partial charge in [-0.05, 0) is 37.3 Å². The van der Waals surface area contributed by atoms with E-state index in [1.54, 1.807) is 29.2 Å². The highest BCUT2D eigenvalue weighted by molar-refractivity contribution is 6.30. The Kier molecular flexibility index (Phi) is 5.38. The Morgan fingerprint density at radius 1 is 1.32 bits per heavy atom. The van der Waals surface area contributed by atoms with Crippen molar-refractivity contribution in [1.82, 2.24) is 10.1 Å². The first kappa shape index (κ1) is 17.5. The van der Waals surface area contributed by atoms with E-state index in [9.17, 15) is 9.59 Å². The van der Waals surface area contributed by atoms with Crippen LogP contribution in [0.1, 0.15) is 36.0 Å². The second-order valence-electron chi connectivity index (χ2n) is 6.28. The highest BCUT2D eigenvalue weighted by atomic mass is 35.5. The van der Waals surface area contributed by atoms with E-state index in [1.165, 1.54) is 6.26 Å². The van der Waals surface area contributed by atoms with Gasteiger partial charge in [0.15, 0.2) is 0 Å². The van der Waals surface area contributed by atoms with Crippen LogP contribution < -0.4 is 0 Å². The molecular weight excluding hydrogens is 344 g/mol. The van der Waals surface area contributed by atoms with Crippen LogP contribution in [0.4, 0.5) is 0 Å². The van der Waals surface area contributed by atoms with Crippen LogP contribution in [0.2, 0.25) is 5.02 Å². The number of carboxylic acids is 1. The predicted molar refractivity (Wildman–Crippen MR) is 92.4 cm³/mol. The molecule has 1 aliphatic heterocycles. The van der Waals surface area contributed by atoms with Crippen LogP contribution in [0.3, 0.4) is 0 Å². The molecule has 1 aromatic carbocycles. The normalized spacial score (nSPS) is 17.5. The van der Waals surface area contributed by atoms with Crippen LogP contribution in [0.25, 0.3) is 11.3 Å². The van der Waals surface area contributed by atoms with E-state index < -0.39 is 5.97 Å². The van der Waals surface area contributed by atoms with Gasteiger partial charge in [0.2, 0.25) is 0 Å². The Morgan fingerprint density at radius 2 is 2.08 bits per heavy atom. The fourth-order valence-corrected chi connectivity index (χ4v) is 3.31. The van der Waals surface area contributed by atoms with Crippen LogP contribution in [-0.2, 0) is 4.79 Å². The summed E-state index contributed by atoms with van der Waals surface area (Å²) in [5, 5.41) is 13.4. The Hall–Kier alpha value is -2.34. The first-order valence-corrected chi connectivity index (χ1v) is 8.64. The molecule has 3 rings (SSSR count). The van der Waals surface area contributed by atoms with Crippen molar-refractivity contribution in [2.75, 3.05) is 13.1 Å². The van der Waals surface area contributed by atoms with E-state index in [0.29, 0.717) is 35.8 Å². The van der Waals surface area contributed by atoms with Crippen molar-refractivity contribution in [2.45, 2.75) is 25.7 Å². The molecule has 1 atom stereocenters. The topological polar surface area (TPSA) is 83.6 Å². The first-order chi connectivity index (χ1) is 12.0. The van der Waals surface area contributed by atoms with Crippen molar-refractivity contribution >= 4 is 23.5 Å². The molecular formula is C18H19ClN2O4. The molecule has 0 unspecified atom stereocenters. The Morgan fingerprint density at radius 3 is 2.80 bits per heavy atom. The summed E-state index contributed by atoms with van der Waals surface area (Å²) < 4.78 is 5.04. The number of hydrogen-bond donors (Lipinski definition) is 1. The van der Waals surface area contributed by atoms with Crippen LogP contribution in [0.15, 0.2) is 35.1 Å². The SMILES string of the molecule is O=C(O)CC[C@@H]1CCCN(C(=O)c2conc2-c2ccc(Cl)cc2)C1. The molecule has 0 spiro atoms. The number of nitrogens with zero attached hydrogens (tertiary/aromatic N) is 2. The number of hydrogen-bond acceptors (Lipinski definition) is 4. The molecule has 1 aliphatic rings. The fourth-order valence-electron chi connectivity index (χ4n) is 3.19. The van der Waals surface area contributed by atoms with Gasteiger partial charge in [0, 0.05) is 30.1 Å². The molecule has 0 bridgehead atoms. The molecule has 2 aromatic rings. The maximum atomic E-state index is 12.9. The third-order valence-corrected chi connectivity index (χ3v) is 4.74. The standard InChI is InChI=1S/C18H19ClN2O4/c19-14-6-4-13(5-7-14)17-15(11-25-20-17)18(24)21-9-1-2-12(10-21)3-8-16(22)23/h4-7,11-12H,1-3,8-10H2,(H,22,23)/t12-/m0/s1. The number of aromatic nitrogens is 1. The van der Waals surface area contributed by atoms with Crippen molar-refractivity contribution in [1.29, 1.82) is 0 Å².